The first kappa shape index (κ1) is 15.6. The van der Waals surface area contributed by atoms with Gasteiger partial charge in [-0.1, -0.05) is 24.3 Å². The zero-order chi connectivity index (χ0) is 16.1. The Hall–Kier alpha value is -2.24. The summed E-state index contributed by atoms with van der Waals surface area (Å²) < 4.78 is 0. The molecular weight excluding hydrogens is 326 g/mol. The number of thioether (sulfide) groups is 1. The molecular formula is C18H15NO2S2. The number of thiophene rings is 1. The summed E-state index contributed by atoms with van der Waals surface area (Å²) in [6.07, 6.45) is 0. The Morgan fingerprint density at radius 3 is 2.65 bits per heavy atom. The number of anilines is 1. The fraction of sp³-hybridized carbons (Fsp3) is 0.0556. The van der Waals surface area contributed by atoms with E-state index in [4.69, 9.17) is 0 Å². The highest BCUT2D eigenvalue weighted by atomic mass is 32.2. The van der Waals surface area contributed by atoms with Gasteiger partial charge in [0.05, 0.1) is 11.3 Å². The van der Waals surface area contributed by atoms with Crippen LogP contribution >= 0.6 is 23.1 Å². The van der Waals surface area contributed by atoms with E-state index in [1.807, 2.05) is 23.6 Å². The van der Waals surface area contributed by atoms with Crippen LogP contribution in [0, 0.1) is 0 Å². The SMILES string of the molecule is O=C(Nc1ccccc1O)c1ccccc1SCc1ccsc1. The Balaban J connectivity index is 1.76. The molecule has 0 unspecified atom stereocenters. The number of nitrogens with one attached hydrogen (secondary N) is 1. The van der Waals surface area contributed by atoms with Crippen molar-refractivity contribution in [3.05, 3.63) is 76.5 Å². The molecule has 2 aromatic carbocycles. The first-order chi connectivity index (χ1) is 11.2. The lowest BCUT2D eigenvalue weighted by Crippen LogP contribution is -2.13. The highest BCUT2D eigenvalue weighted by molar-refractivity contribution is 7.98. The number of aromatic hydroxyl groups is 1. The molecule has 1 heterocycles. The van der Waals surface area contributed by atoms with E-state index >= 15 is 0 Å². The van der Waals surface area contributed by atoms with Crippen molar-refractivity contribution in [2.24, 2.45) is 0 Å². The minimum Gasteiger partial charge on any atom is -0.506 e. The van der Waals surface area contributed by atoms with Crippen molar-refractivity contribution in [3.8, 4) is 5.75 Å². The maximum atomic E-state index is 12.5. The van der Waals surface area contributed by atoms with E-state index in [-0.39, 0.29) is 11.7 Å². The van der Waals surface area contributed by atoms with E-state index in [1.165, 1.54) is 5.56 Å². The summed E-state index contributed by atoms with van der Waals surface area (Å²) in [4.78, 5) is 13.4. The lowest BCUT2D eigenvalue weighted by Gasteiger charge is -2.10. The van der Waals surface area contributed by atoms with Crippen molar-refractivity contribution >= 4 is 34.7 Å². The van der Waals surface area contributed by atoms with E-state index in [9.17, 15) is 9.90 Å². The van der Waals surface area contributed by atoms with Gasteiger partial charge in [0.25, 0.3) is 5.91 Å². The Bertz CT molecular complexity index is 800. The van der Waals surface area contributed by atoms with Crippen molar-refractivity contribution in [2.45, 2.75) is 10.6 Å². The van der Waals surface area contributed by atoms with Gasteiger partial charge in [-0.15, -0.1) is 11.8 Å². The number of benzene rings is 2. The molecule has 2 N–H and O–H groups in total. The lowest BCUT2D eigenvalue weighted by atomic mass is 10.2. The molecule has 0 radical (unpaired) electrons. The number of rotatable bonds is 5. The van der Waals surface area contributed by atoms with Crippen molar-refractivity contribution < 1.29 is 9.90 Å². The summed E-state index contributed by atoms with van der Waals surface area (Å²) in [5, 5.41) is 16.7. The average Bonchev–Trinajstić information content (AvgIpc) is 3.09. The number of carbonyl (C=O) groups excluding carboxylic acids is 1. The predicted octanol–water partition coefficient (Wildman–Crippen LogP) is 5.00. The van der Waals surface area contributed by atoms with Crippen LogP contribution in [0.2, 0.25) is 0 Å². The average molecular weight is 341 g/mol. The smallest absolute Gasteiger partial charge is 0.256 e. The molecule has 0 atom stereocenters. The van der Waals surface area contributed by atoms with Crippen molar-refractivity contribution in [1.82, 2.24) is 0 Å². The van der Waals surface area contributed by atoms with Gasteiger partial charge in [0.1, 0.15) is 5.75 Å². The van der Waals surface area contributed by atoms with E-state index in [2.05, 4.69) is 16.8 Å². The molecule has 3 rings (SSSR count). The zero-order valence-electron chi connectivity index (χ0n) is 12.2. The number of hydrogen-bond acceptors (Lipinski definition) is 4. The molecule has 1 aromatic heterocycles. The number of amides is 1. The molecule has 0 bridgehead atoms. The van der Waals surface area contributed by atoms with Gasteiger partial charge in [-0.3, -0.25) is 4.79 Å². The summed E-state index contributed by atoms with van der Waals surface area (Å²) >= 11 is 3.30. The zero-order valence-corrected chi connectivity index (χ0v) is 13.9. The van der Waals surface area contributed by atoms with Crippen LogP contribution in [0.15, 0.2) is 70.3 Å². The number of phenolic OH excluding ortho intramolecular Hbond substituents is 1. The number of phenols is 1. The molecule has 1 amide bonds. The first-order valence-corrected chi connectivity index (χ1v) is 8.99. The van der Waals surface area contributed by atoms with Crippen LogP contribution in [0.3, 0.4) is 0 Å². The molecule has 3 aromatic rings. The van der Waals surface area contributed by atoms with E-state index < -0.39 is 0 Å². The van der Waals surface area contributed by atoms with E-state index in [0.717, 1.165) is 10.6 Å². The first-order valence-electron chi connectivity index (χ1n) is 7.06. The minimum atomic E-state index is -0.222. The van der Waals surface area contributed by atoms with Crippen LogP contribution in [0.5, 0.6) is 5.75 Å². The van der Waals surface area contributed by atoms with Gasteiger partial charge in [-0.25, -0.2) is 0 Å². The predicted molar refractivity (Wildman–Crippen MR) is 96.4 cm³/mol. The van der Waals surface area contributed by atoms with E-state index in [1.54, 1.807) is 53.4 Å². The van der Waals surface area contributed by atoms with Gasteiger partial charge >= 0.3 is 0 Å². The number of carbonyl (C=O) groups is 1. The fourth-order valence-electron chi connectivity index (χ4n) is 2.08. The molecule has 3 nitrogen and oxygen atoms in total. The normalized spacial score (nSPS) is 10.4. The van der Waals surface area contributed by atoms with Crippen LogP contribution in [0.4, 0.5) is 5.69 Å². The summed E-state index contributed by atoms with van der Waals surface area (Å²) in [7, 11) is 0. The van der Waals surface area contributed by atoms with Crippen molar-refractivity contribution in [2.75, 3.05) is 5.32 Å². The molecule has 23 heavy (non-hydrogen) atoms. The summed E-state index contributed by atoms with van der Waals surface area (Å²) in [5.41, 5.74) is 2.27. The Kier molecular flexibility index (Phi) is 5.00. The topological polar surface area (TPSA) is 49.3 Å². The molecule has 0 aliphatic heterocycles. The quantitative estimate of drug-likeness (QED) is 0.507. The summed E-state index contributed by atoms with van der Waals surface area (Å²) in [6.45, 7) is 0. The Labute approximate surface area is 143 Å². The highest BCUT2D eigenvalue weighted by Gasteiger charge is 2.13. The van der Waals surface area contributed by atoms with Gasteiger partial charge in [0, 0.05) is 10.6 Å². The molecule has 5 heteroatoms. The molecule has 0 saturated carbocycles. The van der Waals surface area contributed by atoms with Gasteiger partial charge in [-0.2, -0.15) is 11.3 Å². The van der Waals surface area contributed by atoms with Gasteiger partial charge in [0.15, 0.2) is 0 Å². The third-order valence-corrected chi connectivity index (χ3v) is 5.14. The van der Waals surface area contributed by atoms with Crippen LogP contribution in [-0.2, 0) is 5.75 Å². The maximum absolute atomic E-state index is 12.5. The second kappa shape index (κ2) is 7.35. The molecule has 0 aliphatic rings. The molecule has 116 valence electrons. The fourth-order valence-corrected chi connectivity index (χ4v) is 3.85. The summed E-state index contributed by atoms with van der Waals surface area (Å²) in [6, 6.07) is 16.3. The van der Waals surface area contributed by atoms with Crippen LogP contribution in [0.25, 0.3) is 0 Å². The molecule has 0 fully saturated rings. The largest absolute Gasteiger partial charge is 0.506 e. The third kappa shape index (κ3) is 3.94. The van der Waals surface area contributed by atoms with Crippen LogP contribution in [-0.4, -0.2) is 11.0 Å². The molecule has 0 saturated heterocycles. The molecule has 0 aliphatic carbocycles. The van der Waals surface area contributed by atoms with Gasteiger partial charge < -0.3 is 10.4 Å². The van der Waals surface area contributed by atoms with Crippen LogP contribution < -0.4 is 5.32 Å². The highest BCUT2D eigenvalue weighted by Crippen LogP contribution is 2.29. The second-order valence-electron chi connectivity index (χ2n) is 4.89. The maximum Gasteiger partial charge on any atom is 0.256 e. The van der Waals surface area contributed by atoms with Crippen molar-refractivity contribution in [3.63, 3.8) is 0 Å². The van der Waals surface area contributed by atoms with Gasteiger partial charge in [0.2, 0.25) is 0 Å². The molecule has 0 spiro atoms. The van der Waals surface area contributed by atoms with E-state index in [0.29, 0.717) is 11.3 Å². The monoisotopic (exact) mass is 341 g/mol. The standard InChI is InChI=1S/C18H15NO2S2/c20-16-7-3-2-6-15(16)19-18(21)14-5-1-4-8-17(14)23-12-13-9-10-22-11-13/h1-11,20H,12H2,(H,19,21). The van der Waals surface area contributed by atoms with Crippen LogP contribution in [0.1, 0.15) is 15.9 Å². The van der Waals surface area contributed by atoms with Gasteiger partial charge in [-0.05, 0) is 46.7 Å². The second-order valence-corrected chi connectivity index (χ2v) is 6.68. The minimum absolute atomic E-state index is 0.0595. The number of hydrogen-bond donors (Lipinski definition) is 2. The summed E-state index contributed by atoms with van der Waals surface area (Å²) in [5.74, 6) is 0.661. The third-order valence-electron chi connectivity index (χ3n) is 3.26. The number of para-hydroxylation sites is 2. The lowest BCUT2D eigenvalue weighted by molar-refractivity contribution is 0.102. The Morgan fingerprint density at radius 1 is 1.09 bits per heavy atom. The Morgan fingerprint density at radius 2 is 1.87 bits per heavy atom. The van der Waals surface area contributed by atoms with Crippen molar-refractivity contribution in [1.29, 1.82) is 0 Å².